The lowest BCUT2D eigenvalue weighted by atomic mass is 9.95. The molecule has 4 heteroatoms. The largest absolute Gasteiger partial charge is 0.330 e. The lowest BCUT2D eigenvalue weighted by Gasteiger charge is -2.16. The van der Waals surface area contributed by atoms with E-state index in [4.69, 9.17) is 15.8 Å². The van der Waals surface area contributed by atoms with E-state index in [0.717, 1.165) is 29.7 Å². The predicted molar refractivity (Wildman–Crippen MR) is 104 cm³/mol. The Kier molecular flexibility index (Phi) is 4.91. The molecule has 0 bridgehead atoms. The lowest BCUT2D eigenvalue weighted by molar-refractivity contribution is 0.578. The minimum Gasteiger partial charge on any atom is -0.330 e. The van der Waals surface area contributed by atoms with Gasteiger partial charge in [0.25, 0.3) is 0 Å². The van der Waals surface area contributed by atoms with Gasteiger partial charge in [0, 0.05) is 22.9 Å². The van der Waals surface area contributed by atoms with E-state index in [1.54, 1.807) is 0 Å². The molecule has 3 rings (SSSR count). The van der Waals surface area contributed by atoms with Gasteiger partial charge in [-0.05, 0) is 69.8 Å². The fourth-order valence-corrected chi connectivity index (χ4v) is 3.95. The number of nitrogens with zero attached hydrogens (tertiary/aromatic N) is 3. The zero-order valence-corrected chi connectivity index (χ0v) is 15.9. The molecule has 25 heavy (non-hydrogen) atoms. The smallest absolute Gasteiger partial charge is 0.163 e. The van der Waals surface area contributed by atoms with Crippen LogP contribution in [0.4, 0.5) is 0 Å². The van der Waals surface area contributed by atoms with Gasteiger partial charge in [0.15, 0.2) is 5.65 Å². The molecule has 132 valence electrons. The topological polar surface area (TPSA) is 56.2 Å². The molecule has 2 N–H and O–H groups in total. The molecular weight excluding hydrogens is 308 g/mol. The minimum absolute atomic E-state index is 0.405. The molecule has 0 aliphatic heterocycles. The number of hydrogen-bond donors (Lipinski definition) is 1. The summed E-state index contributed by atoms with van der Waals surface area (Å²) >= 11 is 0. The Balaban J connectivity index is 2.25. The SMILES string of the molecule is CCC(CCN)c1cc(C)nc2c(-c3c(C)cc(C)cc3C)cnn12. The van der Waals surface area contributed by atoms with Crippen LogP contribution in [0.25, 0.3) is 16.8 Å². The number of aryl methyl sites for hydroxylation is 4. The highest BCUT2D eigenvalue weighted by atomic mass is 15.3. The van der Waals surface area contributed by atoms with Crippen LogP contribution in [0.15, 0.2) is 24.4 Å². The molecule has 0 saturated heterocycles. The van der Waals surface area contributed by atoms with Crippen LogP contribution in [0.5, 0.6) is 0 Å². The van der Waals surface area contributed by atoms with Crippen molar-refractivity contribution in [1.82, 2.24) is 14.6 Å². The van der Waals surface area contributed by atoms with E-state index < -0.39 is 0 Å². The second kappa shape index (κ2) is 6.96. The van der Waals surface area contributed by atoms with Crippen molar-refractivity contribution < 1.29 is 0 Å². The van der Waals surface area contributed by atoms with E-state index in [1.807, 2.05) is 10.7 Å². The summed E-state index contributed by atoms with van der Waals surface area (Å²) in [4.78, 5) is 4.82. The predicted octanol–water partition coefficient (Wildman–Crippen LogP) is 4.47. The molecular formula is C21H28N4. The summed E-state index contributed by atoms with van der Waals surface area (Å²) in [5, 5.41) is 4.71. The number of hydrogen-bond acceptors (Lipinski definition) is 3. The van der Waals surface area contributed by atoms with Gasteiger partial charge in [-0.2, -0.15) is 5.10 Å². The molecule has 0 saturated carbocycles. The second-order valence-electron chi connectivity index (χ2n) is 7.07. The third-order valence-electron chi connectivity index (χ3n) is 5.00. The summed E-state index contributed by atoms with van der Waals surface area (Å²) in [6.45, 7) is 11.4. The van der Waals surface area contributed by atoms with Crippen LogP contribution in [0, 0.1) is 27.7 Å². The van der Waals surface area contributed by atoms with E-state index in [1.165, 1.54) is 27.9 Å². The van der Waals surface area contributed by atoms with Gasteiger partial charge in [0.05, 0.1) is 6.20 Å². The summed E-state index contributed by atoms with van der Waals surface area (Å²) in [7, 11) is 0. The highest BCUT2D eigenvalue weighted by molar-refractivity contribution is 5.81. The molecule has 1 aromatic carbocycles. The number of aromatic nitrogens is 3. The van der Waals surface area contributed by atoms with Crippen molar-refractivity contribution in [1.29, 1.82) is 0 Å². The van der Waals surface area contributed by atoms with Gasteiger partial charge in [0.1, 0.15) is 0 Å². The fourth-order valence-electron chi connectivity index (χ4n) is 3.95. The zero-order valence-electron chi connectivity index (χ0n) is 15.9. The molecule has 3 aromatic rings. The van der Waals surface area contributed by atoms with Crippen molar-refractivity contribution in [3.63, 3.8) is 0 Å². The van der Waals surface area contributed by atoms with Crippen molar-refractivity contribution in [2.75, 3.05) is 6.54 Å². The molecule has 1 atom stereocenters. The molecule has 0 aliphatic carbocycles. The summed E-state index contributed by atoms with van der Waals surface area (Å²) in [5.41, 5.74) is 15.2. The zero-order chi connectivity index (χ0) is 18.1. The quantitative estimate of drug-likeness (QED) is 0.748. The maximum absolute atomic E-state index is 5.83. The number of rotatable bonds is 5. The Bertz CT molecular complexity index is 885. The van der Waals surface area contributed by atoms with Gasteiger partial charge < -0.3 is 5.73 Å². The van der Waals surface area contributed by atoms with Gasteiger partial charge in [-0.25, -0.2) is 9.50 Å². The summed E-state index contributed by atoms with van der Waals surface area (Å²) in [5.74, 6) is 0.405. The molecule has 4 nitrogen and oxygen atoms in total. The van der Waals surface area contributed by atoms with Gasteiger partial charge in [0.2, 0.25) is 0 Å². The molecule has 0 fully saturated rings. The number of fused-ring (bicyclic) bond motifs is 1. The van der Waals surface area contributed by atoms with Crippen molar-refractivity contribution in [3.05, 3.63) is 52.5 Å². The standard InChI is InChI=1S/C21H28N4/c1-6-17(7-8-22)19-11-16(5)24-21-18(12-23-25(19)21)20-14(3)9-13(2)10-15(20)4/h9-12,17H,6-8,22H2,1-5H3. The van der Waals surface area contributed by atoms with E-state index in [2.05, 4.69) is 52.8 Å². The molecule has 2 heterocycles. The first-order valence-corrected chi connectivity index (χ1v) is 9.09. The van der Waals surface area contributed by atoms with Crippen LogP contribution in [0.1, 0.15) is 53.8 Å². The lowest BCUT2D eigenvalue weighted by Crippen LogP contribution is -2.12. The second-order valence-corrected chi connectivity index (χ2v) is 7.07. The van der Waals surface area contributed by atoms with Gasteiger partial charge in [-0.1, -0.05) is 24.6 Å². The Morgan fingerprint density at radius 3 is 2.36 bits per heavy atom. The highest BCUT2D eigenvalue weighted by Gasteiger charge is 2.19. The summed E-state index contributed by atoms with van der Waals surface area (Å²) < 4.78 is 2.02. The third-order valence-corrected chi connectivity index (χ3v) is 5.00. The van der Waals surface area contributed by atoms with Crippen molar-refractivity contribution >= 4 is 5.65 Å². The maximum atomic E-state index is 5.83. The Labute approximate surface area is 150 Å². The highest BCUT2D eigenvalue weighted by Crippen LogP contribution is 2.33. The van der Waals surface area contributed by atoms with Crippen LogP contribution in [0.3, 0.4) is 0 Å². The van der Waals surface area contributed by atoms with Gasteiger partial charge in [-0.3, -0.25) is 0 Å². The minimum atomic E-state index is 0.405. The van der Waals surface area contributed by atoms with Gasteiger partial charge >= 0.3 is 0 Å². The molecule has 0 amide bonds. The van der Waals surface area contributed by atoms with Crippen molar-refractivity contribution in [2.45, 2.75) is 53.4 Å². The van der Waals surface area contributed by atoms with Crippen molar-refractivity contribution in [3.8, 4) is 11.1 Å². The maximum Gasteiger partial charge on any atom is 0.163 e. The Morgan fingerprint density at radius 1 is 1.08 bits per heavy atom. The molecule has 1 unspecified atom stereocenters. The van der Waals surface area contributed by atoms with E-state index in [-0.39, 0.29) is 0 Å². The van der Waals surface area contributed by atoms with E-state index >= 15 is 0 Å². The third kappa shape index (κ3) is 3.19. The van der Waals surface area contributed by atoms with Crippen LogP contribution in [-0.4, -0.2) is 21.1 Å². The summed E-state index contributed by atoms with van der Waals surface area (Å²) in [6.07, 6.45) is 3.98. The number of benzene rings is 1. The summed E-state index contributed by atoms with van der Waals surface area (Å²) in [6, 6.07) is 6.61. The van der Waals surface area contributed by atoms with E-state index in [0.29, 0.717) is 12.5 Å². The first-order valence-electron chi connectivity index (χ1n) is 9.09. The first-order chi connectivity index (χ1) is 12.0. The first kappa shape index (κ1) is 17.6. The fraction of sp³-hybridized carbons (Fsp3) is 0.429. The van der Waals surface area contributed by atoms with Crippen LogP contribution in [-0.2, 0) is 0 Å². The van der Waals surface area contributed by atoms with Gasteiger partial charge in [-0.15, -0.1) is 0 Å². The Hall–Kier alpha value is -2.20. The average Bonchev–Trinajstić information content (AvgIpc) is 2.94. The molecule has 0 radical (unpaired) electrons. The van der Waals surface area contributed by atoms with Crippen molar-refractivity contribution in [2.24, 2.45) is 5.73 Å². The Morgan fingerprint density at radius 2 is 1.76 bits per heavy atom. The number of nitrogens with two attached hydrogens (primary N) is 1. The van der Waals surface area contributed by atoms with E-state index in [9.17, 15) is 0 Å². The van der Waals surface area contributed by atoms with Crippen LogP contribution >= 0.6 is 0 Å². The normalized spacial score (nSPS) is 12.7. The molecule has 2 aromatic heterocycles. The molecule has 0 aliphatic rings. The molecule has 0 spiro atoms. The monoisotopic (exact) mass is 336 g/mol. The van der Waals surface area contributed by atoms with Crippen LogP contribution < -0.4 is 5.73 Å². The average molecular weight is 336 g/mol. The van der Waals surface area contributed by atoms with Crippen LogP contribution in [0.2, 0.25) is 0 Å².